The average molecular weight is 298 g/mol. The molecule has 0 aromatic carbocycles. The van der Waals surface area contributed by atoms with Crippen molar-refractivity contribution in [3.8, 4) is 0 Å². The third-order valence-electron chi connectivity index (χ3n) is 2.59. The maximum atomic E-state index is 11.5. The molecule has 0 saturated carbocycles. The van der Waals surface area contributed by atoms with E-state index in [-0.39, 0.29) is 18.8 Å². The molecule has 0 saturated heterocycles. The minimum absolute atomic E-state index is 0.0181. The van der Waals surface area contributed by atoms with Crippen LogP contribution in [0.15, 0.2) is 16.8 Å². The van der Waals surface area contributed by atoms with E-state index in [9.17, 15) is 14.4 Å². The van der Waals surface area contributed by atoms with Crippen molar-refractivity contribution in [3.63, 3.8) is 0 Å². The van der Waals surface area contributed by atoms with Crippen LogP contribution in [0, 0.1) is 5.92 Å². The number of hydrogen-bond acceptors (Lipinski definition) is 4. The quantitative estimate of drug-likeness (QED) is 0.712. The summed E-state index contributed by atoms with van der Waals surface area (Å²) >= 11 is 1.59. The van der Waals surface area contributed by atoms with E-state index >= 15 is 0 Å². The molecule has 0 aliphatic carbocycles. The molecule has 1 unspecified atom stereocenters. The maximum absolute atomic E-state index is 11.5. The Labute approximate surface area is 121 Å². The molecular weight excluding hydrogens is 280 g/mol. The topological polar surface area (TPSA) is 95.5 Å². The van der Waals surface area contributed by atoms with Gasteiger partial charge in [-0.15, -0.1) is 0 Å². The van der Waals surface area contributed by atoms with Crippen LogP contribution in [0.3, 0.4) is 0 Å². The number of carbonyl (C=O) groups excluding carboxylic acids is 2. The molecule has 3 amide bonds. The van der Waals surface area contributed by atoms with Crippen molar-refractivity contribution in [3.05, 3.63) is 22.4 Å². The van der Waals surface area contributed by atoms with Gasteiger partial charge in [-0.3, -0.25) is 14.9 Å². The van der Waals surface area contributed by atoms with Gasteiger partial charge in [-0.25, -0.2) is 4.79 Å². The van der Waals surface area contributed by atoms with Gasteiger partial charge in [0, 0.05) is 19.4 Å². The highest BCUT2D eigenvalue weighted by Crippen LogP contribution is 2.07. The highest BCUT2D eigenvalue weighted by Gasteiger charge is 2.14. The second-order valence-corrected chi connectivity index (χ2v) is 5.37. The van der Waals surface area contributed by atoms with Crippen molar-refractivity contribution in [2.45, 2.75) is 26.2 Å². The summed E-state index contributed by atoms with van der Waals surface area (Å²) in [7, 11) is 0. The smallest absolute Gasteiger partial charge is 0.321 e. The van der Waals surface area contributed by atoms with Crippen molar-refractivity contribution < 1.29 is 19.5 Å². The average Bonchev–Trinajstić information content (AvgIpc) is 2.80. The fourth-order valence-corrected chi connectivity index (χ4v) is 2.37. The number of carbonyl (C=O) groups is 3. The monoisotopic (exact) mass is 298 g/mol. The summed E-state index contributed by atoms with van der Waals surface area (Å²) in [6, 6.07) is 1.43. The van der Waals surface area contributed by atoms with E-state index in [1.807, 2.05) is 16.8 Å². The Bertz CT molecular complexity index is 459. The van der Waals surface area contributed by atoms with E-state index in [2.05, 4.69) is 10.6 Å². The number of rotatable bonds is 7. The lowest BCUT2D eigenvalue weighted by atomic mass is 10.0. The molecule has 0 spiro atoms. The molecule has 0 aliphatic heterocycles. The third-order valence-corrected chi connectivity index (χ3v) is 3.32. The maximum Gasteiger partial charge on any atom is 0.321 e. The van der Waals surface area contributed by atoms with E-state index in [1.165, 1.54) is 0 Å². The number of amides is 3. The first kappa shape index (κ1) is 16.2. The Morgan fingerprint density at radius 1 is 1.35 bits per heavy atom. The van der Waals surface area contributed by atoms with Gasteiger partial charge in [-0.2, -0.15) is 11.3 Å². The molecule has 1 atom stereocenters. The van der Waals surface area contributed by atoms with Crippen LogP contribution < -0.4 is 10.6 Å². The second kappa shape index (κ2) is 8.31. The Balaban J connectivity index is 2.17. The molecule has 0 fully saturated rings. The molecule has 3 N–H and O–H groups in total. The fraction of sp³-hybridized carbons (Fsp3) is 0.462. The van der Waals surface area contributed by atoms with Gasteiger partial charge in [0.15, 0.2) is 0 Å². The summed E-state index contributed by atoms with van der Waals surface area (Å²) in [5.41, 5.74) is 1.14. The van der Waals surface area contributed by atoms with Crippen LogP contribution >= 0.6 is 11.3 Å². The van der Waals surface area contributed by atoms with Crippen LogP contribution in [0.4, 0.5) is 4.79 Å². The third kappa shape index (κ3) is 6.89. The fourth-order valence-electron chi connectivity index (χ4n) is 1.66. The van der Waals surface area contributed by atoms with E-state index in [0.29, 0.717) is 13.0 Å². The zero-order valence-electron chi connectivity index (χ0n) is 11.2. The Morgan fingerprint density at radius 3 is 2.70 bits per heavy atom. The lowest BCUT2D eigenvalue weighted by molar-refractivity contribution is -0.138. The highest BCUT2D eigenvalue weighted by molar-refractivity contribution is 7.07. The van der Waals surface area contributed by atoms with E-state index in [0.717, 1.165) is 5.56 Å². The van der Waals surface area contributed by atoms with Crippen molar-refractivity contribution in [2.24, 2.45) is 5.92 Å². The molecule has 6 nitrogen and oxygen atoms in total. The second-order valence-electron chi connectivity index (χ2n) is 4.59. The predicted molar refractivity (Wildman–Crippen MR) is 75.6 cm³/mol. The van der Waals surface area contributed by atoms with Crippen molar-refractivity contribution >= 4 is 29.2 Å². The zero-order chi connectivity index (χ0) is 15.0. The van der Waals surface area contributed by atoms with Gasteiger partial charge in [0.1, 0.15) is 0 Å². The summed E-state index contributed by atoms with van der Waals surface area (Å²) in [6.45, 7) is 2.10. The number of aliphatic carboxylic acids is 1. The minimum atomic E-state index is -0.953. The number of imide groups is 1. The largest absolute Gasteiger partial charge is 0.481 e. The lowest BCUT2D eigenvalue weighted by Gasteiger charge is -2.09. The summed E-state index contributed by atoms with van der Waals surface area (Å²) in [4.78, 5) is 33.4. The van der Waals surface area contributed by atoms with Gasteiger partial charge < -0.3 is 10.4 Å². The van der Waals surface area contributed by atoms with Gasteiger partial charge in [0.2, 0.25) is 5.91 Å². The molecule has 1 heterocycles. The zero-order valence-corrected chi connectivity index (χ0v) is 12.0. The minimum Gasteiger partial charge on any atom is -0.481 e. The van der Waals surface area contributed by atoms with E-state index in [1.54, 1.807) is 18.3 Å². The molecule has 110 valence electrons. The summed E-state index contributed by atoms with van der Waals surface area (Å²) < 4.78 is 0. The van der Waals surface area contributed by atoms with Crippen molar-refractivity contribution in [1.82, 2.24) is 10.6 Å². The van der Waals surface area contributed by atoms with E-state index < -0.39 is 17.9 Å². The van der Waals surface area contributed by atoms with Crippen LogP contribution in [0.1, 0.15) is 25.3 Å². The Kier molecular flexibility index (Phi) is 6.72. The SMILES string of the molecule is CC(CC(=O)O)CC(=O)NC(=O)NCCc1ccsc1. The van der Waals surface area contributed by atoms with Gasteiger partial charge in [-0.05, 0) is 34.7 Å². The number of urea groups is 1. The molecule has 0 aliphatic rings. The predicted octanol–water partition coefficient (Wildman–Crippen LogP) is 1.62. The first-order chi connectivity index (χ1) is 9.47. The van der Waals surface area contributed by atoms with Gasteiger partial charge in [0.25, 0.3) is 0 Å². The lowest BCUT2D eigenvalue weighted by Crippen LogP contribution is -2.40. The summed E-state index contributed by atoms with van der Waals surface area (Å²) in [5.74, 6) is -1.72. The van der Waals surface area contributed by atoms with Gasteiger partial charge in [0.05, 0.1) is 0 Å². The number of hydrogen-bond donors (Lipinski definition) is 3. The number of carboxylic acid groups (broad SMARTS) is 1. The summed E-state index contributed by atoms with van der Waals surface area (Å²) in [5, 5.41) is 17.3. The number of carboxylic acids is 1. The van der Waals surface area contributed by atoms with Crippen molar-refractivity contribution in [1.29, 1.82) is 0 Å². The van der Waals surface area contributed by atoms with Crippen LogP contribution in [0.5, 0.6) is 0 Å². The van der Waals surface area contributed by atoms with Crippen LogP contribution in [0.2, 0.25) is 0 Å². The van der Waals surface area contributed by atoms with Gasteiger partial charge in [-0.1, -0.05) is 6.92 Å². The molecule has 1 rings (SSSR count). The number of nitrogens with one attached hydrogen (secondary N) is 2. The first-order valence-electron chi connectivity index (χ1n) is 6.28. The molecular formula is C13H18N2O4S. The normalized spacial score (nSPS) is 11.7. The van der Waals surface area contributed by atoms with E-state index in [4.69, 9.17) is 5.11 Å². The summed E-state index contributed by atoms with van der Waals surface area (Å²) in [6.07, 6.45) is 0.637. The molecule has 1 aromatic heterocycles. The molecule has 0 radical (unpaired) electrons. The molecule has 0 bridgehead atoms. The molecule has 1 aromatic rings. The van der Waals surface area contributed by atoms with Crippen molar-refractivity contribution in [2.75, 3.05) is 6.54 Å². The van der Waals surface area contributed by atoms with Crippen LogP contribution in [-0.4, -0.2) is 29.6 Å². The molecule has 20 heavy (non-hydrogen) atoms. The Morgan fingerprint density at radius 2 is 2.10 bits per heavy atom. The van der Waals surface area contributed by atoms with Crippen LogP contribution in [-0.2, 0) is 16.0 Å². The van der Waals surface area contributed by atoms with Gasteiger partial charge >= 0.3 is 12.0 Å². The molecule has 7 heteroatoms. The van der Waals surface area contributed by atoms with Crippen LogP contribution in [0.25, 0.3) is 0 Å². The highest BCUT2D eigenvalue weighted by atomic mass is 32.1. The number of thiophene rings is 1. The first-order valence-corrected chi connectivity index (χ1v) is 7.22. The Hall–Kier alpha value is -1.89. The standard InChI is InChI=1S/C13H18N2O4S/c1-9(7-12(17)18)6-11(16)15-13(19)14-4-2-10-3-5-20-8-10/h3,5,8-9H,2,4,6-7H2,1H3,(H,17,18)(H2,14,15,16,19).